The number of hydrogen-bond acceptors (Lipinski definition) is 6. The summed E-state index contributed by atoms with van der Waals surface area (Å²) in [6.07, 6.45) is 7.13. The number of alkyl halides is 2. The van der Waals surface area contributed by atoms with Gasteiger partial charge >= 0.3 is 0 Å². The topological polar surface area (TPSA) is 91.7 Å². The standard InChI is InChI=1S/C23H37F3N6/c1-22(2,23(3,25)26)20(27)14-7-6-12-32-17(31-13-14)10-9-16(24)19(32)18(29-4)15-8-5-11-30-21(15)28/h8-10,14,17-18,20,29,31H,5-7,11-13,27H2,1-4H3,(H2,28,30). The van der Waals surface area contributed by atoms with Gasteiger partial charge in [0.15, 0.2) is 0 Å². The Hall–Kier alpha value is -1.84. The Balaban J connectivity index is 1.81. The number of aliphatic imine (C=N–C) groups is 1. The van der Waals surface area contributed by atoms with Crippen LogP contribution in [0.25, 0.3) is 0 Å². The molecule has 4 atom stereocenters. The molecule has 0 aromatic heterocycles. The number of halogens is 3. The quantitative estimate of drug-likeness (QED) is 0.495. The summed E-state index contributed by atoms with van der Waals surface area (Å²) >= 11 is 0. The number of amidine groups is 1. The zero-order valence-electron chi connectivity index (χ0n) is 19.5. The number of nitrogens with zero attached hydrogens (tertiary/aromatic N) is 2. The van der Waals surface area contributed by atoms with Gasteiger partial charge in [-0.05, 0) is 51.3 Å². The molecule has 9 heteroatoms. The molecule has 4 unspecified atom stereocenters. The highest BCUT2D eigenvalue weighted by Crippen LogP contribution is 2.41. The molecule has 0 bridgehead atoms. The van der Waals surface area contributed by atoms with E-state index < -0.39 is 23.4 Å². The van der Waals surface area contributed by atoms with E-state index in [4.69, 9.17) is 11.5 Å². The summed E-state index contributed by atoms with van der Waals surface area (Å²) in [5, 5.41) is 6.63. The molecule has 0 spiro atoms. The lowest BCUT2D eigenvalue weighted by Crippen LogP contribution is -2.58. The normalized spacial score (nSPS) is 27.2. The first-order valence-electron chi connectivity index (χ1n) is 11.4. The van der Waals surface area contributed by atoms with E-state index in [-0.39, 0.29) is 17.9 Å². The van der Waals surface area contributed by atoms with Gasteiger partial charge in [-0.1, -0.05) is 19.9 Å². The van der Waals surface area contributed by atoms with E-state index in [9.17, 15) is 8.78 Å². The van der Waals surface area contributed by atoms with Gasteiger partial charge in [0.2, 0.25) is 0 Å². The molecule has 0 saturated carbocycles. The number of fused-ring (bicyclic) bond motifs is 1. The van der Waals surface area contributed by atoms with Gasteiger partial charge in [0, 0.05) is 36.7 Å². The summed E-state index contributed by atoms with van der Waals surface area (Å²) in [7, 11) is 1.78. The summed E-state index contributed by atoms with van der Waals surface area (Å²) in [5.41, 5.74) is 12.5. The molecule has 6 nitrogen and oxygen atoms in total. The van der Waals surface area contributed by atoms with Crippen molar-refractivity contribution in [3.8, 4) is 0 Å². The molecule has 0 amide bonds. The van der Waals surface area contributed by atoms with E-state index in [1.807, 2.05) is 11.0 Å². The van der Waals surface area contributed by atoms with Crippen molar-refractivity contribution in [2.24, 2.45) is 27.8 Å². The Bertz CT molecular complexity index is 811. The molecular formula is C23H37F3N6. The zero-order valence-corrected chi connectivity index (χ0v) is 19.5. The number of likely N-dealkylation sites (N-methyl/N-ethyl adjacent to an activating group) is 1. The van der Waals surface area contributed by atoms with Crippen LogP contribution >= 0.6 is 0 Å². The monoisotopic (exact) mass is 454 g/mol. The molecule has 1 saturated heterocycles. The van der Waals surface area contributed by atoms with Crippen LogP contribution in [0.2, 0.25) is 0 Å². The van der Waals surface area contributed by atoms with Gasteiger partial charge in [-0.25, -0.2) is 13.2 Å². The van der Waals surface area contributed by atoms with Crippen molar-refractivity contribution in [2.45, 2.75) is 64.2 Å². The predicted octanol–water partition coefficient (Wildman–Crippen LogP) is 2.65. The van der Waals surface area contributed by atoms with Crippen LogP contribution in [0.5, 0.6) is 0 Å². The van der Waals surface area contributed by atoms with Crippen LogP contribution in [0.4, 0.5) is 13.2 Å². The van der Waals surface area contributed by atoms with Crippen LogP contribution < -0.4 is 22.1 Å². The lowest BCUT2D eigenvalue weighted by Gasteiger charge is -2.45. The molecule has 1 fully saturated rings. The second kappa shape index (κ2) is 9.57. The van der Waals surface area contributed by atoms with Crippen molar-refractivity contribution >= 4 is 5.84 Å². The SMILES string of the molecule is CNC(C1=CCCN=C1N)C1=C(F)C=CC2NCC(C(N)C(C)(C)C(C)(F)F)CCCN12. The summed E-state index contributed by atoms with van der Waals surface area (Å²) in [6.45, 7) is 5.66. The Morgan fingerprint density at radius 3 is 2.66 bits per heavy atom. The van der Waals surface area contributed by atoms with E-state index in [0.717, 1.165) is 18.9 Å². The molecule has 0 radical (unpaired) electrons. The molecule has 3 aliphatic heterocycles. The number of nitrogens with two attached hydrogens (primary N) is 2. The average molecular weight is 455 g/mol. The van der Waals surface area contributed by atoms with Crippen molar-refractivity contribution < 1.29 is 13.2 Å². The van der Waals surface area contributed by atoms with Gasteiger partial charge in [-0.3, -0.25) is 10.3 Å². The van der Waals surface area contributed by atoms with E-state index >= 15 is 4.39 Å². The Morgan fingerprint density at radius 2 is 2.03 bits per heavy atom. The van der Waals surface area contributed by atoms with Crippen molar-refractivity contribution in [3.05, 3.63) is 35.3 Å². The second-order valence-corrected chi connectivity index (χ2v) is 9.61. The van der Waals surface area contributed by atoms with E-state index in [2.05, 4.69) is 15.6 Å². The molecular weight excluding hydrogens is 417 g/mol. The smallest absolute Gasteiger partial charge is 0.251 e. The van der Waals surface area contributed by atoms with Crippen LogP contribution in [-0.2, 0) is 0 Å². The van der Waals surface area contributed by atoms with E-state index in [0.29, 0.717) is 44.0 Å². The lowest BCUT2D eigenvalue weighted by atomic mass is 9.72. The van der Waals surface area contributed by atoms with Gasteiger partial charge < -0.3 is 21.7 Å². The summed E-state index contributed by atoms with van der Waals surface area (Å²) < 4.78 is 43.5. The lowest BCUT2D eigenvalue weighted by molar-refractivity contribution is -0.109. The highest BCUT2D eigenvalue weighted by atomic mass is 19.3. The van der Waals surface area contributed by atoms with E-state index in [1.165, 1.54) is 19.9 Å². The van der Waals surface area contributed by atoms with Crippen molar-refractivity contribution in [3.63, 3.8) is 0 Å². The van der Waals surface area contributed by atoms with Gasteiger partial charge in [0.05, 0.1) is 17.9 Å². The molecule has 0 aromatic carbocycles. The molecule has 6 N–H and O–H groups in total. The minimum absolute atomic E-state index is 0.116. The maximum Gasteiger partial charge on any atom is 0.251 e. The number of allylic oxidation sites excluding steroid dienone is 2. The van der Waals surface area contributed by atoms with Gasteiger partial charge in [-0.15, -0.1) is 0 Å². The fraction of sp³-hybridized carbons (Fsp3) is 0.696. The minimum Gasteiger partial charge on any atom is -0.384 e. The van der Waals surface area contributed by atoms with Crippen LogP contribution in [0, 0.1) is 11.3 Å². The fourth-order valence-corrected chi connectivity index (χ4v) is 4.79. The highest BCUT2D eigenvalue weighted by molar-refractivity contribution is 5.99. The second-order valence-electron chi connectivity index (χ2n) is 9.61. The molecule has 180 valence electrons. The Labute approximate surface area is 189 Å². The molecule has 3 rings (SSSR count). The fourth-order valence-electron chi connectivity index (χ4n) is 4.79. The third-order valence-electron chi connectivity index (χ3n) is 7.29. The summed E-state index contributed by atoms with van der Waals surface area (Å²) in [4.78, 5) is 6.32. The predicted molar refractivity (Wildman–Crippen MR) is 123 cm³/mol. The third-order valence-corrected chi connectivity index (χ3v) is 7.29. The average Bonchev–Trinajstić information content (AvgIpc) is 2.71. The van der Waals surface area contributed by atoms with E-state index in [1.54, 1.807) is 13.1 Å². The van der Waals surface area contributed by atoms with Crippen LogP contribution in [0.1, 0.15) is 40.0 Å². The first-order valence-corrected chi connectivity index (χ1v) is 11.4. The molecule has 32 heavy (non-hydrogen) atoms. The van der Waals surface area contributed by atoms with Gasteiger partial charge in [0.1, 0.15) is 11.7 Å². The first kappa shape index (κ1) is 24.8. The van der Waals surface area contributed by atoms with Crippen molar-refractivity contribution in [1.82, 2.24) is 15.5 Å². The number of hydrogen-bond donors (Lipinski definition) is 4. The zero-order chi connectivity index (χ0) is 23.7. The number of dihydropyridines is 1. The minimum atomic E-state index is -2.89. The first-order chi connectivity index (χ1) is 15.0. The highest BCUT2D eigenvalue weighted by Gasteiger charge is 2.49. The van der Waals surface area contributed by atoms with Gasteiger partial charge in [-0.2, -0.15) is 0 Å². The Kier molecular flexibility index (Phi) is 7.41. The van der Waals surface area contributed by atoms with Crippen molar-refractivity contribution in [1.29, 1.82) is 0 Å². The maximum atomic E-state index is 15.1. The number of nitrogens with one attached hydrogen (secondary N) is 2. The molecule has 0 aliphatic carbocycles. The molecule has 0 aromatic rings. The maximum absolute atomic E-state index is 15.1. The molecule has 3 heterocycles. The third kappa shape index (κ3) is 4.75. The van der Waals surface area contributed by atoms with Crippen molar-refractivity contribution in [2.75, 3.05) is 26.7 Å². The van der Waals surface area contributed by atoms with Gasteiger partial charge in [0.25, 0.3) is 5.92 Å². The van der Waals surface area contributed by atoms with Crippen LogP contribution in [-0.4, -0.2) is 61.6 Å². The van der Waals surface area contributed by atoms with Crippen LogP contribution in [0.3, 0.4) is 0 Å². The van der Waals surface area contributed by atoms with Crippen LogP contribution in [0.15, 0.2) is 40.3 Å². The molecule has 3 aliphatic rings. The largest absolute Gasteiger partial charge is 0.384 e. The summed E-state index contributed by atoms with van der Waals surface area (Å²) in [6, 6.07) is -1.10. The number of rotatable bonds is 6. The Morgan fingerprint density at radius 1 is 1.31 bits per heavy atom. The summed E-state index contributed by atoms with van der Waals surface area (Å²) in [5.74, 6) is -2.90.